The second-order valence-electron chi connectivity index (χ2n) is 8.71. The van der Waals surface area contributed by atoms with Gasteiger partial charge in [-0.2, -0.15) is 0 Å². The number of fused-ring (bicyclic) bond motifs is 2. The molecule has 0 aromatic heterocycles. The van der Waals surface area contributed by atoms with Crippen molar-refractivity contribution in [2.24, 2.45) is 0 Å². The summed E-state index contributed by atoms with van der Waals surface area (Å²) in [4.78, 5) is 0. The van der Waals surface area contributed by atoms with Crippen LogP contribution in [0.3, 0.4) is 0 Å². The summed E-state index contributed by atoms with van der Waals surface area (Å²) in [6.45, 7) is 8.09. The maximum absolute atomic E-state index is 4.06. The zero-order valence-corrected chi connectivity index (χ0v) is 20.3. The first kappa shape index (κ1) is 23.1. The van der Waals surface area contributed by atoms with Gasteiger partial charge in [-0.3, -0.25) is 0 Å². The lowest BCUT2D eigenvalue weighted by Crippen LogP contribution is -1.90. The highest BCUT2D eigenvalue weighted by molar-refractivity contribution is 5.91. The number of allylic oxidation sites excluding steroid dienone is 11. The van der Waals surface area contributed by atoms with E-state index in [1.807, 2.05) is 12.2 Å². The normalized spacial score (nSPS) is 19.6. The molecule has 0 aliphatic heterocycles. The van der Waals surface area contributed by atoms with Crippen LogP contribution < -0.4 is 0 Å². The molecule has 1 aliphatic carbocycles. The average molecular weight is 461 g/mol. The average Bonchev–Trinajstić information content (AvgIpc) is 2.93. The van der Waals surface area contributed by atoms with E-state index in [1.54, 1.807) is 0 Å². The van der Waals surface area contributed by atoms with E-state index in [1.165, 1.54) is 27.5 Å². The molecule has 0 saturated heterocycles. The van der Waals surface area contributed by atoms with Gasteiger partial charge in [-0.1, -0.05) is 147 Å². The van der Waals surface area contributed by atoms with Gasteiger partial charge in [0.25, 0.3) is 0 Å². The molecule has 172 valence electrons. The van der Waals surface area contributed by atoms with E-state index >= 15 is 0 Å². The monoisotopic (exact) mass is 460 g/mol. The molecule has 0 saturated carbocycles. The molecule has 4 aromatic carbocycles. The van der Waals surface area contributed by atoms with Crippen molar-refractivity contribution in [1.29, 1.82) is 0 Å². The van der Waals surface area contributed by atoms with Crippen LogP contribution in [0.15, 0.2) is 158 Å². The van der Waals surface area contributed by atoms with E-state index < -0.39 is 0 Å². The van der Waals surface area contributed by atoms with Crippen LogP contribution in [0.4, 0.5) is 0 Å². The number of hydrogen-bond donors (Lipinski definition) is 0. The van der Waals surface area contributed by atoms with Crippen LogP contribution in [0, 0.1) is 0 Å². The van der Waals surface area contributed by atoms with Crippen LogP contribution in [0.5, 0.6) is 0 Å². The molecule has 0 heterocycles. The standard InChI is InChI=1S/C36H28/c1-3-27-13-8-9-16-29(18-12-19-30-17-10-11-20-36(30)35(27)4-2)32-22-24-33-25-31(21-23-34(33)26-32)28-14-6-5-7-15-28/h3-26H,1-2H2/b9-8?,13-8+,16-9-,18-12?,19-12-,27-13?,29-16?,29-18+,30-19?,35-27-,36-35?. The molecule has 1 aliphatic rings. The maximum atomic E-state index is 4.06. The lowest BCUT2D eigenvalue weighted by atomic mass is 9.94. The van der Waals surface area contributed by atoms with Gasteiger partial charge in [0.15, 0.2) is 0 Å². The number of benzene rings is 4. The van der Waals surface area contributed by atoms with Crippen molar-refractivity contribution in [3.63, 3.8) is 0 Å². The molecule has 0 fully saturated rings. The zero-order valence-electron chi connectivity index (χ0n) is 20.3. The van der Waals surface area contributed by atoms with Gasteiger partial charge in [0, 0.05) is 0 Å². The Morgan fingerprint density at radius 2 is 1.22 bits per heavy atom. The summed E-state index contributed by atoms with van der Waals surface area (Å²) in [5, 5.41) is 2.46. The molecule has 0 bridgehead atoms. The highest BCUT2D eigenvalue weighted by Crippen LogP contribution is 2.29. The fraction of sp³-hybridized carbons (Fsp3) is 0. The van der Waals surface area contributed by atoms with Gasteiger partial charge < -0.3 is 0 Å². The first-order chi connectivity index (χ1) is 17.8. The Morgan fingerprint density at radius 1 is 0.528 bits per heavy atom. The molecule has 36 heavy (non-hydrogen) atoms. The van der Waals surface area contributed by atoms with E-state index in [-0.39, 0.29) is 0 Å². The fourth-order valence-corrected chi connectivity index (χ4v) is 4.60. The van der Waals surface area contributed by atoms with Crippen molar-refractivity contribution in [1.82, 2.24) is 0 Å². The van der Waals surface area contributed by atoms with Crippen molar-refractivity contribution >= 4 is 28.0 Å². The Bertz CT molecular complexity index is 1580. The quantitative estimate of drug-likeness (QED) is 0.284. The smallest absolute Gasteiger partial charge is 0.0106 e. The summed E-state index contributed by atoms with van der Waals surface area (Å²) in [6.07, 6.45) is 18.6. The van der Waals surface area contributed by atoms with Crippen molar-refractivity contribution in [2.45, 2.75) is 0 Å². The van der Waals surface area contributed by atoms with Gasteiger partial charge in [-0.15, -0.1) is 0 Å². The van der Waals surface area contributed by atoms with Crippen LogP contribution in [-0.2, 0) is 0 Å². The van der Waals surface area contributed by atoms with Crippen LogP contribution in [0.1, 0.15) is 16.7 Å². The predicted octanol–water partition coefficient (Wildman–Crippen LogP) is 9.86. The van der Waals surface area contributed by atoms with Crippen LogP contribution in [-0.4, -0.2) is 0 Å². The van der Waals surface area contributed by atoms with Gasteiger partial charge in [0.05, 0.1) is 0 Å². The minimum atomic E-state index is 1.04. The maximum Gasteiger partial charge on any atom is -0.0106 e. The van der Waals surface area contributed by atoms with Crippen molar-refractivity contribution < 1.29 is 0 Å². The number of rotatable bonds is 4. The Morgan fingerprint density at radius 3 is 2.00 bits per heavy atom. The van der Waals surface area contributed by atoms with Crippen LogP contribution in [0.25, 0.3) is 39.1 Å². The summed E-state index contributed by atoms with van der Waals surface area (Å²) < 4.78 is 0. The highest BCUT2D eigenvalue weighted by Gasteiger charge is 2.07. The molecule has 0 heteroatoms. The predicted molar refractivity (Wildman–Crippen MR) is 158 cm³/mol. The van der Waals surface area contributed by atoms with Gasteiger partial charge in [0.2, 0.25) is 0 Å². The third-order valence-corrected chi connectivity index (χ3v) is 6.48. The zero-order chi connectivity index (χ0) is 24.7. The van der Waals surface area contributed by atoms with Crippen LogP contribution in [0.2, 0.25) is 0 Å². The molecule has 0 N–H and O–H groups in total. The molecule has 0 spiro atoms. The molecular weight excluding hydrogens is 432 g/mol. The van der Waals surface area contributed by atoms with E-state index in [2.05, 4.69) is 147 Å². The number of hydrogen-bond acceptors (Lipinski definition) is 0. The first-order valence-electron chi connectivity index (χ1n) is 12.2. The van der Waals surface area contributed by atoms with Gasteiger partial charge >= 0.3 is 0 Å². The lowest BCUT2D eigenvalue weighted by molar-refractivity contribution is 1.55. The van der Waals surface area contributed by atoms with E-state index in [4.69, 9.17) is 0 Å². The molecule has 5 rings (SSSR count). The summed E-state index contributed by atoms with van der Waals surface area (Å²) in [7, 11) is 0. The molecular formula is C36H28. The molecule has 0 nitrogen and oxygen atoms in total. The van der Waals surface area contributed by atoms with Crippen molar-refractivity contribution in [3.8, 4) is 11.1 Å². The third-order valence-electron chi connectivity index (χ3n) is 6.48. The van der Waals surface area contributed by atoms with E-state index in [0.29, 0.717) is 0 Å². The fourth-order valence-electron chi connectivity index (χ4n) is 4.60. The Balaban J connectivity index is 1.56. The molecule has 0 amide bonds. The lowest BCUT2D eigenvalue weighted by Gasteiger charge is -2.11. The Labute approximate surface area is 214 Å². The molecule has 4 aromatic rings. The topological polar surface area (TPSA) is 0 Å². The summed E-state index contributed by atoms with van der Waals surface area (Å²) in [5.41, 5.74) is 9.20. The Kier molecular flexibility index (Phi) is 6.87. The van der Waals surface area contributed by atoms with Gasteiger partial charge in [-0.05, 0) is 67.4 Å². The van der Waals surface area contributed by atoms with Crippen molar-refractivity contribution in [3.05, 3.63) is 175 Å². The first-order valence-corrected chi connectivity index (χ1v) is 12.2. The van der Waals surface area contributed by atoms with E-state index in [9.17, 15) is 0 Å². The third kappa shape index (κ3) is 4.89. The van der Waals surface area contributed by atoms with Crippen molar-refractivity contribution in [2.75, 3.05) is 0 Å². The highest BCUT2D eigenvalue weighted by atomic mass is 14.1. The summed E-state index contributed by atoms with van der Waals surface area (Å²) >= 11 is 0. The second-order valence-corrected chi connectivity index (χ2v) is 8.71. The molecule has 0 radical (unpaired) electrons. The molecule has 0 atom stereocenters. The molecule has 0 unspecified atom stereocenters. The minimum Gasteiger partial charge on any atom is -0.0984 e. The largest absolute Gasteiger partial charge is 0.0984 e. The summed E-state index contributed by atoms with van der Waals surface area (Å²) in [5.74, 6) is 0. The van der Waals surface area contributed by atoms with E-state index in [0.717, 1.165) is 27.8 Å². The van der Waals surface area contributed by atoms with Gasteiger partial charge in [-0.25, -0.2) is 0 Å². The second kappa shape index (κ2) is 10.7. The summed E-state index contributed by atoms with van der Waals surface area (Å²) in [6, 6.07) is 32.3. The Hall–Kier alpha value is -4.68. The minimum absolute atomic E-state index is 1.04. The SMILES string of the molecule is C=CC1=C(/C=C)c2ccccc2\C=C/C=C(c2ccc3cc(-c4ccccc4)ccc3c2)\C=C/C=C/1. The van der Waals surface area contributed by atoms with Gasteiger partial charge in [0.1, 0.15) is 0 Å². The van der Waals surface area contributed by atoms with Crippen LogP contribution >= 0.6 is 0 Å².